The number of nitrogen functional groups attached to an aromatic ring is 1. The van der Waals surface area contributed by atoms with E-state index in [0.29, 0.717) is 12.2 Å². The van der Waals surface area contributed by atoms with Gasteiger partial charge < -0.3 is 5.73 Å². The number of benzene rings is 1. The number of anilines is 1. The molecule has 0 heterocycles. The van der Waals surface area contributed by atoms with Gasteiger partial charge in [0, 0.05) is 18.0 Å². The van der Waals surface area contributed by atoms with Crippen LogP contribution in [0.15, 0.2) is 24.3 Å². The Balaban J connectivity index is 2.65. The first-order chi connectivity index (χ1) is 7.00. The van der Waals surface area contributed by atoms with Gasteiger partial charge in [0.05, 0.1) is 0 Å². The molecule has 1 atom stereocenters. The molecule has 82 valence electrons. The molecule has 0 radical (unpaired) electrons. The Morgan fingerprint density at radius 3 is 2.20 bits per heavy atom. The Morgan fingerprint density at radius 2 is 1.73 bits per heavy atom. The molecule has 0 aliphatic carbocycles. The largest absolute Gasteiger partial charge is 0.399 e. The summed E-state index contributed by atoms with van der Waals surface area (Å²) in [6, 6.07) is 7.75. The van der Waals surface area contributed by atoms with Crippen molar-refractivity contribution in [3.05, 3.63) is 29.8 Å². The van der Waals surface area contributed by atoms with Crippen LogP contribution in [-0.4, -0.2) is 5.78 Å². The van der Waals surface area contributed by atoms with Gasteiger partial charge in [-0.2, -0.15) is 0 Å². The van der Waals surface area contributed by atoms with Crippen LogP contribution < -0.4 is 5.73 Å². The summed E-state index contributed by atoms with van der Waals surface area (Å²) in [7, 11) is 0. The minimum atomic E-state index is 0.126. The van der Waals surface area contributed by atoms with Gasteiger partial charge >= 0.3 is 0 Å². The highest BCUT2D eigenvalue weighted by atomic mass is 16.1. The zero-order valence-corrected chi connectivity index (χ0v) is 9.66. The van der Waals surface area contributed by atoms with Gasteiger partial charge in [0.25, 0.3) is 0 Å². The summed E-state index contributed by atoms with van der Waals surface area (Å²) in [5.41, 5.74) is 7.55. The number of ketones is 1. The summed E-state index contributed by atoms with van der Waals surface area (Å²) in [6.07, 6.45) is 0.613. The smallest absolute Gasteiger partial charge is 0.136 e. The number of carbonyl (C=O) groups is 1. The SMILES string of the molecule is CC(C)C(=O)CC(C)c1ccc(N)cc1. The van der Waals surface area contributed by atoms with Gasteiger partial charge in [-0.3, -0.25) is 4.79 Å². The molecule has 0 bridgehead atoms. The first kappa shape index (κ1) is 11.8. The summed E-state index contributed by atoms with van der Waals surface area (Å²) in [5.74, 6) is 0.723. The molecule has 1 aromatic rings. The number of hydrogen-bond acceptors (Lipinski definition) is 2. The average molecular weight is 205 g/mol. The molecular weight excluding hydrogens is 186 g/mol. The third kappa shape index (κ3) is 3.39. The Labute approximate surface area is 91.5 Å². The summed E-state index contributed by atoms with van der Waals surface area (Å²) in [6.45, 7) is 5.96. The molecule has 0 amide bonds. The van der Waals surface area contributed by atoms with Crippen LogP contribution in [0.1, 0.15) is 38.7 Å². The van der Waals surface area contributed by atoms with Crippen molar-refractivity contribution in [2.75, 3.05) is 5.73 Å². The van der Waals surface area contributed by atoms with Crippen LogP contribution in [0.3, 0.4) is 0 Å². The fraction of sp³-hybridized carbons (Fsp3) is 0.462. The standard InChI is InChI=1S/C13H19NO/c1-9(2)13(15)8-10(3)11-4-6-12(14)7-5-11/h4-7,9-10H,8,14H2,1-3H3. The number of Topliss-reactive ketones (excluding diaryl/α,β-unsaturated/α-hetero) is 1. The lowest BCUT2D eigenvalue weighted by Gasteiger charge is -2.12. The van der Waals surface area contributed by atoms with Gasteiger partial charge in [-0.25, -0.2) is 0 Å². The van der Waals surface area contributed by atoms with Crippen molar-refractivity contribution in [3.8, 4) is 0 Å². The van der Waals surface area contributed by atoms with Gasteiger partial charge in [-0.05, 0) is 23.6 Å². The highest BCUT2D eigenvalue weighted by molar-refractivity contribution is 5.81. The summed E-state index contributed by atoms with van der Waals surface area (Å²) < 4.78 is 0. The van der Waals surface area contributed by atoms with Gasteiger partial charge in [0.2, 0.25) is 0 Å². The van der Waals surface area contributed by atoms with Crippen molar-refractivity contribution in [2.24, 2.45) is 5.92 Å². The lowest BCUT2D eigenvalue weighted by molar-refractivity contribution is -0.122. The van der Waals surface area contributed by atoms with Crippen LogP contribution in [0.4, 0.5) is 5.69 Å². The van der Waals surface area contributed by atoms with Crippen molar-refractivity contribution in [3.63, 3.8) is 0 Å². The lowest BCUT2D eigenvalue weighted by atomic mass is 9.92. The van der Waals surface area contributed by atoms with Gasteiger partial charge in [-0.15, -0.1) is 0 Å². The fourth-order valence-electron chi connectivity index (χ4n) is 1.48. The van der Waals surface area contributed by atoms with Crippen molar-refractivity contribution >= 4 is 11.5 Å². The minimum Gasteiger partial charge on any atom is -0.399 e. The number of rotatable bonds is 4. The summed E-state index contributed by atoms with van der Waals surface area (Å²) >= 11 is 0. The molecular formula is C13H19NO. The molecule has 2 heteroatoms. The summed E-state index contributed by atoms with van der Waals surface area (Å²) in [4.78, 5) is 11.6. The molecule has 0 fully saturated rings. The predicted molar refractivity (Wildman–Crippen MR) is 63.7 cm³/mol. The fourth-order valence-corrected chi connectivity index (χ4v) is 1.48. The van der Waals surface area contributed by atoms with E-state index in [1.807, 2.05) is 38.1 Å². The zero-order chi connectivity index (χ0) is 11.4. The van der Waals surface area contributed by atoms with Gasteiger partial charge in [0.15, 0.2) is 0 Å². The average Bonchev–Trinajstić information content (AvgIpc) is 2.18. The number of nitrogens with two attached hydrogens (primary N) is 1. The van der Waals surface area contributed by atoms with E-state index in [2.05, 4.69) is 6.92 Å². The molecule has 15 heavy (non-hydrogen) atoms. The van der Waals surface area contributed by atoms with E-state index in [1.165, 1.54) is 5.56 Å². The molecule has 1 rings (SSSR count). The van der Waals surface area contributed by atoms with E-state index in [4.69, 9.17) is 5.73 Å². The van der Waals surface area contributed by atoms with E-state index in [1.54, 1.807) is 0 Å². The normalized spacial score (nSPS) is 12.8. The quantitative estimate of drug-likeness (QED) is 0.768. The molecule has 1 unspecified atom stereocenters. The van der Waals surface area contributed by atoms with Crippen molar-refractivity contribution in [1.82, 2.24) is 0 Å². The topological polar surface area (TPSA) is 43.1 Å². The predicted octanol–water partition coefficient (Wildman–Crippen LogP) is 2.99. The number of hydrogen-bond donors (Lipinski definition) is 1. The van der Waals surface area contributed by atoms with Crippen LogP contribution in [-0.2, 0) is 4.79 Å². The van der Waals surface area contributed by atoms with E-state index in [9.17, 15) is 4.79 Å². The van der Waals surface area contributed by atoms with Crippen LogP contribution in [0.25, 0.3) is 0 Å². The zero-order valence-electron chi connectivity index (χ0n) is 9.66. The molecule has 0 saturated heterocycles. The maximum atomic E-state index is 11.6. The van der Waals surface area contributed by atoms with E-state index >= 15 is 0 Å². The van der Waals surface area contributed by atoms with Crippen LogP contribution in [0.5, 0.6) is 0 Å². The molecule has 0 spiro atoms. The van der Waals surface area contributed by atoms with Crippen molar-refractivity contribution in [1.29, 1.82) is 0 Å². The first-order valence-corrected chi connectivity index (χ1v) is 5.39. The highest BCUT2D eigenvalue weighted by Crippen LogP contribution is 2.21. The van der Waals surface area contributed by atoms with Gasteiger partial charge in [0.1, 0.15) is 5.78 Å². The Morgan fingerprint density at radius 1 is 1.20 bits per heavy atom. The van der Waals surface area contributed by atoms with Crippen molar-refractivity contribution in [2.45, 2.75) is 33.1 Å². The van der Waals surface area contributed by atoms with E-state index in [0.717, 1.165) is 5.69 Å². The molecule has 0 saturated carbocycles. The maximum absolute atomic E-state index is 11.6. The molecule has 2 nitrogen and oxygen atoms in total. The Kier molecular flexibility index (Phi) is 3.89. The second-order valence-electron chi connectivity index (χ2n) is 4.39. The van der Waals surface area contributed by atoms with Crippen LogP contribution in [0, 0.1) is 5.92 Å². The molecule has 0 aliphatic rings. The van der Waals surface area contributed by atoms with Crippen LogP contribution in [0.2, 0.25) is 0 Å². The lowest BCUT2D eigenvalue weighted by Crippen LogP contribution is -2.10. The second kappa shape index (κ2) is 4.96. The molecule has 0 aromatic heterocycles. The summed E-state index contributed by atoms with van der Waals surface area (Å²) in [5, 5.41) is 0. The second-order valence-corrected chi connectivity index (χ2v) is 4.39. The molecule has 0 aliphatic heterocycles. The number of carbonyl (C=O) groups excluding carboxylic acids is 1. The Hall–Kier alpha value is -1.31. The molecule has 2 N–H and O–H groups in total. The van der Waals surface area contributed by atoms with Gasteiger partial charge in [-0.1, -0.05) is 32.9 Å². The maximum Gasteiger partial charge on any atom is 0.136 e. The Bertz CT molecular complexity index is 327. The third-order valence-electron chi connectivity index (χ3n) is 2.66. The monoisotopic (exact) mass is 205 g/mol. The third-order valence-corrected chi connectivity index (χ3v) is 2.66. The van der Waals surface area contributed by atoms with Crippen molar-refractivity contribution < 1.29 is 4.79 Å². The van der Waals surface area contributed by atoms with Crippen LogP contribution >= 0.6 is 0 Å². The first-order valence-electron chi connectivity index (χ1n) is 5.39. The highest BCUT2D eigenvalue weighted by Gasteiger charge is 2.13. The van der Waals surface area contributed by atoms with E-state index < -0.39 is 0 Å². The molecule has 1 aromatic carbocycles. The minimum absolute atomic E-state index is 0.126. The van der Waals surface area contributed by atoms with E-state index in [-0.39, 0.29) is 11.8 Å².